The van der Waals surface area contributed by atoms with E-state index in [4.69, 9.17) is 5.41 Å². The van der Waals surface area contributed by atoms with Crippen LogP contribution in [-0.2, 0) is 5.41 Å². The molecular weight excluding hydrogens is 462 g/mol. The zero-order chi connectivity index (χ0) is 26.0. The number of hydrogen-bond donors (Lipinski definition) is 1. The fourth-order valence-corrected chi connectivity index (χ4v) is 5.94. The lowest BCUT2D eigenvalue weighted by atomic mass is 9.85. The second kappa shape index (κ2) is 8.19. The first-order chi connectivity index (χ1) is 18.5. The largest absolute Gasteiger partial charge is 0.308 e. The van der Waals surface area contributed by atoms with Crippen LogP contribution in [0.25, 0.3) is 55.0 Å². The standard InChI is InChI=1S/C35H29N3/c1-35(2,3)23-20-33(37-29-16-8-4-12-24(29)25-13-5-9-17-30(25)37)28(22-36)34(21-23)38-31-18-10-6-14-26(31)27-15-7-11-19-32(27)38/h4-22,36H,1-3H3. The van der Waals surface area contributed by atoms with E-state index in [1.54, 1.807) is 0 Å². The van der Waals surface area contributed by atoms with Crippen molar-refractivity contribution in [1.29, 1.82) is 5.41 Å². The van der Waals surface area contributed by atoms with E-state index in [2.05, 4.69) is 139 Å². The number of rotatable bonds is 3. The molecule has 0 radical (unpaired) electrons. The van der Waals surface area contributed by atoms with Gasteiger partial charge in [0, 0.05) is 33.3 Å². The molecule has 2 heterocycles. The van der Waals surface area contributed by atoms with Crippen LogP contribution >= 0.6 is 0 Å². The third kappa shape index (κ3) is 3.18. The number of nitrogens with one attached hydrogen (secondary N) is 1. The van der Waals surface area contributed by atoms with Crippen LogP contribution in [0.4, 0.5) is 0 Å². The molecule has 7 aromatic rings. The molecule has 0 saturated carbocycles. The van der Waals surface area contributed by atoms with Gasteiger partial charge < -0.3 is 14.5 Å². The lowest BCUT2D eigenvalue weighted by Crippen LogP contribution is -2.15. The van der Waals surface area contributed by atoms with Crippen molar-refractivity contribution in [3.63, 3.8) is 0 Å². The number of hydrogen-bond acceptors (Lipinski definition) is 1. The Bertz CT molecular complexity index is 1790. The summed E-state index contributed by atoms with van der Waals surface area (Å²) in [6.45, 7) is 6.78. The molecule has 3 nitrogen and oxygen atoms in total. The molecule has 0 amide bonds. The lowest BCUT2D eigenvalue weighted by Gasteiger charge is -2.25. The molecule has 0 aliphatic heterocycles. The Balaban J connectivity index is 1.69. The van der Waals surface area contributed by atoms with Gasteiger partial charge >= 0.3 is 0 Å². The zero-order valence-electron chi connectivity index (χ0n) is 21.9. The number of benzene rings is 5. The Morgan fingerprint density at radius 3 is 1.13 bits per heavy atom. The maximum absolute atomic E-state index is 8.74. The van der Waals surface area contributed by atoms with E-state index in [0.717, 1.165) is 39.0 Å². The Morgan fingerprint density at radius 2 is 0.842 bits per heavy atom. The second-order valence-electron chi connectivity index (χ2n) is 11.1. The minimum absolute atomic E-state index is 0.0818. The Morgan fingerprint density at radius 1 is 0.526 bits per heavy atom. The van der Waals surface area contributed by atoms with Gasteiger partial charge in [0.2, 0.25) is 0 Å². The Hall–Kier alpha value is -4.63. The number of nitrogens with zero attached hydrogens (tertiary/aromatic N) is 2. The van der Waals surface area contributed by atoms with Crippen molar-refractivity contribution in [3.05, 3.63) is 120 Å². The van der Waals surface area contributed by atoms with E-state index in [-0.39, 0.29) is 5.41 Å². The highest BCUT2D eigenvalue weighted by molar-refractivity contribution is 6.12. The average molecular weight is 492 g/mol. The summed E-state index contributed by atoms with van der Waals surface area (Å²) in [4.78, 5) is 0. The van der Waals surface area contributed by atoms with Crippen LogP contribution in [0, 0.1) is 5.41 Å². The molecule has 0 aliphatic carbocycles. The molecule has 38 heavy (non-hydrogen) atoms. The zero-order valence-corrected chi connectivity index (χ0v) is 21.9. The molecule has 0 unspecified atom stereocenters. The summed E-state index contributed by atoms with van der Waals surface area (Å²) in [6, 6.07) is 38.9. The van der Waals surface area contributed by atoms with Gasteiger partial charge in [-0.05, 0) is 47.4 Å². The highest BCUT2D eigenvalue weighted by Gasteiger charge is 2.24. The van der Waals surface area contributed by atoms with Gasteiger partial charge in [-0.15, -0.1) is 0 Å². The Labute approximate surface area is 222 Å². The quantitative estimate of drug-likeness (QED) is 0.239. The smallest absolute Gasteiger partial charge is 0.0573 e. The van der Waals surface area contributed by atoms with Crippen LogP contribution in [0.5, 0.6) is 0 Å². The van der Waals surface area contributed by atoms with Crippen LogP contribution in [0.15, 0.2) is 109 Å². The lowest BCUT2D eigenvalue weighted by molar-refractivity contribution is 0.589. The van der Waals surface area contributed by atoms with Crippen molar-refractivity contribution in [2.45, 2.75) is 26.2 Å². The van der Waals surface area contributed by atoms with Gasteiger partial charge in [-0.25, -0.2) is 0 Å². The highest BCUT2D eigenvalue weighted by Crippen LogP contribution is 2.39. The van der Waals surface area contributed by atoms with E-state index in [1.807, 2.05) is 0 Å². The molecular formula is C35H29N3. The maximum Gasteiger partial charge on any atom is 0.0573 e. The first-order valence-electron chi connectivity index (χ1n) is 13.1. The molecule has 5 aromatic carbocycles. The summed E-state index contributed by atoms with van der Waals surface area (Å²) in [5, 5.41) is 13.6. The van der Waals surface area contributed by atoms with Crippen LogP contribution < -0.4 is 0 Å². The van der Waals surface area contributed by atoms with E-state index in [9.17, 15) is 0 Å². The van der Waals surface area contributed by atoms with Crippen LogP contribution in [0.1, 0.15) is 31.9 Å². The van der Waals surface area contributed by atoms with Crippen molar-refractivity contribution < 1.29 is 0 Å². The molecule has 0 spiro atoms. The summed E-state index contributed by atoms with van der Waals surface area (Å²) in [5.74, 6) is 0. The number of fused-ring (bicyclic) bond motifs is 6. The normalized spacial score (nSPS) is 12.2. The monoisotopic (exact) mass is 491 g/mol. The van der Waals surface area contributed by atoms with Gasteiger partial charge in [0.05, 0.1) is 33.4 Å². The fourth-order valence-electron chi connectivity index (χ4n) is 5.94. The van der Waals surface area contributed by atoms with Crippen molar-refractivity contribution in [2.75, 3.05) is 0 Å². The minimum Gasteiger partial charge on any atom is -0.308 e. The van der Waals surface area contributed by atoms with Gasteiger partial charge in [-0.1, -0.05) is 93.6 Å². The van der Waals surface area contributed by atoms with Gasteiger partial charge in [0.25, 0.3) is 0 Å². The van der Waals surface area contributed by atoms with Crippen LogP contribution in [-0.4, -0.2) is 15.3 Å². The molecule has 0 saturated heterocycles. The van der Waals surface area contributed by atoms with Crippen molar-refractivity contribution in [2.24, 2.45) is 0 Å². The maximum atomic E-state index is 8.74. The van der Waals surface area contributed by atoms with Crippen molar-refractivity contribution in [3.8, 4) is 11.4 Å². The predicted octanol–water partition coefficient (Wildman–Crippen LogP) is 9.18. The first-order valence-corrected chi connectivity index (χ1v) is 13.1. The molecule has 1 N–H and O–H groups in total. The molecule has 184 valence electrons. The number of para-hydroxylation sites is 4. The van der Waals surface area contributed by atoms with E-state index in [0.29, 0.717) is 0 Å². The predicted molar refractivity (Wildman–Crippen MR) is 162 cm³/mol. The van der Waals surface area contributed by atoms with Crippen molar-refractivity contribution in [1.82, 2.24) is 9.13 Å². The fraction of sp³-hybridized carbons (Fsp3) is 0.114. The molecule has 0 fully saturated rings. The van der Waals surface area contributed by atoms with Crippen molar-refractivity contribution >= 4 is 49.8 Å². The summed E-state index contributed by atoms with van der Waals surface area (Å²) < 4.78 is 4.69. The SMILES string of the molecule is CC(C)(C)c1cc(-n2c3ccccc3c3ccccc32)c(C=N)c(-n2c3ccccc3c3ccccc32)c1. The molecule has 0 atom stereocenters. The summed E-state index contributed by atoms with van der Waals surface area (Å²) in [5.41, 5.74) is 8.71. The first kappa shape index (κ1) is 22.6. The van der Waals surface area contributed by atoms with Gasteiger partial charge in [0.1, 0.15) is 0 Å². The second-order valence-corrected chi connectivity index (χ2v) is 11.1. The number of aromatic nitrogens is 2. The van der Waals surface area contributed by atoms with E-state index >= 15 is 0 Å². The van der Waals surface area contributed by atoms with E-state index in [1.165, 1.54) is 33.3 Å². The highest BCUT2D eigenvalue weighted by atomic mass is 15.0. The molecule has 7 rings (SSSR count). The topological polar surface area (TPSA) is 33.7 Å². The Kier molecular flexibility index (Phi) is 4.86. The molecule has 0 bridgehead atoms. The van der Waals surface area contributed by atoms with E-state index < -0.39 is 0 Å². The van der Waals surface area contributed by atoms with Crippen LogP contribution in [0.3, 0.4) is 0 Å². The minimum atomic E-state index is -0.0818. The van der Waals surface area contributed by atoms with Crippen LogP contribution in [0.2, 0.25) is 0 Å². The van der Waals surface area contributed by atoms with Gasteiger partial charge in [-0.3, -0.25) is 0 Å². The van der Waals surface area contributed by atoms with Gasteiger partial charge in [-0.2, -0.15) is 0 Å². The third-order valence-corrected chi connectivity index (χ3v) is 7.79. The molecule has 3 heteroatoms. The molecule has 0 aliphatic rings. The summed E-state index contributed by atoms with van der Waals surface area (Å²) in [7, 11) is 0. The summed E-state index contributed by atoms with van der Waals surface area (Å²) in [6.07, 6.45) is 1.53. The average Bonchev–Trinajstić information content (AvgIpc) is 3.45. The van der Waals surface area contributed by atoms with Gasteiger partial charge in [0.15, 0.2) is 0 Å². The summed E-state index contributed by atoms with van der Waals surface area (Å²) >= 11 is 0. The molecule has 2 aromatic heterocycles. The third-order valence-electron chi connectivity index (χ3n) is 7.79.